The van der Waals surface area contributed by atoms with Crippen molar-refractivity contribution in [2.75, 3.05) is 31.1 Å². The van der Waals surface area contributed by atoms with E-state index in [0.29, 0.717) is 23.8 Å². The lowest BCUT2D eigenvalue weighted by Crippen LogP contribution is -2.49. The number of amides is 1. The molecule has 2 aromatic heterocycles. The lowest BCUT2D eigenvalue weighted by Gasteiger charge is -2.34. The highest BCUT2D eigenvalue weighted by Gasteiger charge is 2.25. The second-order valence-electron chi connectivity index (χ2n) is 5.21. The molecule has 1 amide bonds. The van der Waals surface area contributed by atoms with Gasteiger partial charge < -0.3 is 14.4 Å². The Hall–Kier alpha value is -1.53. The van der Waals surface area contributed by atoms with Crippen LogP contribution in [0.15, 0.2) is 17.6 Å². The van der Waals surface area contributed by atoms with Gasteiger partial charge in [0, 0.05) is 44.8 Å². The summed E-state index contributed by atoms with van der Waals surface area (Å²) in [7, 11) is 1.84. The maximum atomic E-state index is 12.5. The Morgan fingerprint density at radius 3 is 2.57 bits per heavy atom. The quantitative estimate of drug-likeness (QED) is 0.852. The zero-order chi connectivity index (χ0) is 15.0. The first-order chi connectivity index (χ1) is 10.0. The molecule has 0 spiro atoms. The molecule has 3 heterocycles. The Morgan fingerprint density at radius 1 is 1.33 bits per heavy atom. The fourth-order valence-corrected chi connectivity index (χ4v) is 3.59. The van der Waals surface area contributed by atoms with Crippen LogP contribution >= 0.6 is 22.9 Å². The van der Waals surface area contributed by atoms with Gasteiger partial charge in [0.1, 0.15) is 5.69 Å². The molecule has 0 aliphatic carbocycles. The minimum atomic E-state index is 0.0411. The minimum Gasteiger partial charge on any atom is -0.345 e. The van der Waals surface area contributed by atoms with Gasteiger partial charge >= 0.3 is 0 Å². The fourth-order valence-electron chi connectivity index (χ4n) is 2.49. The number of aryl methyl sites for hydroxylation is 2. The number of aromatic nitrogens is 2. The molecule has 0 aromatic carbocycles. The summed E-state index contributed by atoms with van der Waals surface area (Å²) >= 11 is 7.61. The largest absolute Gasteiger partial charge is 0.345 e. The number of hydrogen-bond acceptors (Lipinski definition) is 4. The third-order valence-electron chi connectivity index (χ3n) is 3.63. The van der Waals surface area contributed by atoms with Crippen LogP contribution in [0.1, 0.15) is 16.2 Å². The predicted octanol–water partition coefficient (Wildman–Crippen LogP) is 2.41. The summed E-state index contributed by atoms with van der Waals surface area (Å²) in [6.45, 7) is 5.05. The van der Waals surface area contributed by atoms with Crippen molar-refractivity contribution in [1.29, 1.82) is 0 Å². The van der Waals surface area contributed by atoms with Gasteiger partial charge in [-0.15, -0.1) is 11.3 Å². The first-order valence-electron chi connectivity index (χ1n) is 6.83. The van der Waals surface area contributed by atoms with Crippen molar-refractivity contribution in [2.45, 2.75) is 6.92 Å². The van der Waals surface area contributed by atoms with E-state index in [9.17, 15) is 4.79 Å². The van der Waals surface area contributed by atoms with Crippen LogP contribution in [0.4, 0.5) is 5.13 Å². The summed E-state index contributed by atoms with van der Waals surface area (Å²) in [6.07, 6.45) is 1.75. The molecule has 1 aliphatic rings. The highest BCUT2D eigenvalue weighted by atomic mass is 35.5. The molecule has 112 valence electrons. The monoisotopic (exact) mass is 324 g/mol. The summed E-state index contributed by atoms with van der Waals surface area (Å²) in [5, 5.41) is 3.69. The summed E-state index contributed by atoms with van der Waals surface area (Å²) in [5.74, 6) is 0.0411. The van der Waals surface area contributed by atoms with Gasteiger partial charge in [-0.25, -0.2) is 4.98 Å². The second-order valence-corrected chi connectivity index (χ2v) is 6.48. The Bertz CT molecular complexity index is 658. The average Bonchev–Trinajstić information content (AvgIpc) is 3.04. The fraction of sp³-hybridized carbons (Fsp3) is 0.429. The number of anilines is 1. The van der Waals surface area contributed by atoms with E-state index in [-0.39, 0.29) is 5.91 Å². The van der Waals surface area contributed by atoms with Gasteiger partial charge in [-0.2, -0.15) is 0 Å². The van der Waals surface area contributed by atoms with E-state index in [4.69, 9.17) is 11.6 Å². The normalized spacial score (nSPS) is 15.6. The summed E-state index contributed by atoms with van der Waals surface area (Å²) in [5.41, 5.74) is 1.69. The zero-order valence-electron chi connectivity index (χ0n) is 12.0. The number of carbonyl (C=O) groups excluding carboxylic acids is 1. The predicted molar refractivity (Wildman–Crippen MR) is 85.4 cm³/mol. The van der Waals surface area contributed by atoms with Crippen molar-refractivity contribution >= 4 is 34.0 Å². The average molecular weight is 325 g/mol. The molecule has 0 N–H and O–H groups in total. The standard InChI is InChI=1S/C14H17ClN4OS/c1-10-9-21-14(16-10)19-5-3-18(4-6-19)13(20)12-7-11(15)8-17(12)2/h7-9H,3-6H2,1-2H3. The van der Waals surface area contributed by atoms with Crippen LogP contribution < -0.4 is 4.90 Å². The summed E-state index contributed by atoms with van der Waals surface area (Å²) < 4.78 is 1.78. The lowest BCUT2D eigenvalue weighted by atomic mass is 10.3. The Balaban J connectivity index is 1.65. The minimum absolute atomic E-state index is 0.0411. The van der Waals surface area contributed by atoms with Crippen LogP contribution in [0.3, 0.4) is 0 Å². The number of thiazole rings is 1. The molecule has 1 fully saturated rings. The van der Waals surface area contributed by atoms with E-state index < -0.39 is 0 Å². The van der Waals surface area contributed by atoms with E-state index in [1.54, 1.807) is 28.2 Å². The van der Waals surface area contributed by atoms with Crippen molar-refractivity contribution in [3.05, 3.63) is 34.1 Å². The lowest BCUT2D eigenvalue weighted by molar-refractivity contribution is 0.0737. The number of halogens is 1. The van der Waals surface area contributed by atoms with Crippen LogP contribution in [0.25, 0.3) is 0 Å². The number of rotatable bonds is 2. The van der Waals surface area contributed by atoms with Gasteiger partial charge in [0.15, 0.2) is 5.13 Å². The van der Waals surface area contributed by atoms with Crippen molar-refractivity contribution in [1.82, 2.24) is 14.5 Å². The van der Waals surface area contributed by atoms with E-state index in [0.717, 1.165) is 23.9 Å². The Morgan fingerprint density at radius 2 is 2.05 bits per heavy atom. The molecule has 7 heteroatoms. The van der Waals surface area contributed by atoms with Gasteiger partial charge in [-0.3, -0.25) is 4.79 Å². The molecule has 0 atom stereocenters. The van der Waals surface area contributed by atoms with Gasteiger partial charge in [-0.05, 0) is 13.0 Å². The molecule has 2 aromatic rings. The number of nitrogens with zero attached hydrogens (tertiary/aromatic N) is 4. The topological polar surface area (TPSA) is 41.4 Å². The van der Waals surface area contributed by atoms with Gasteiger partial charge in [0.2, 0.25) is 0 Å². The smallest absolute Gasteiger partial charge is 0.270 e. The molecular weight excluding hydrogens is 308 g/mol. The highest BCUT2D eigenvalue weighted by Crippen LogP contribution is 2.22. The third kappa shape index (κ3) is 2.91. The molecular formula is C14H17ClN4OS. The Labute approximate surface area is 132 Å². The molecule has 3 rings (SSSR count). The van der Waals surface area contributed by atoms with Crippen LogP contribution in [0, 0.1) is 6.92 Å². The van der Waals surface area contributed by atoms with E-state index in [1.807, 2.05) is 18.9 Å². The van der Waals surface area contributed by atoms with E-state index in [2.05, 4.69) is 15.3 Å². The van der Waals surface area contributed by atoms with Crippen LogP contribution in [0.2, 0.25) is 5.02 Å². The molecule has 0 saturated carbocycles. The number of hydrogen-bond donors (Lipinski definition) is 0. The zero-order valence-corrected chi connectivity index (χ0v) is 13.6. The van der Waals surface area contributed by atoms with E-state index >= 15 is 0 Å². The maximum absolute atomic E-state index is 12.5. The van der Waals surface area contributed by atoms with E-state index in [1.165, 1.54) is 0 Å². The van der Waals surface area contributed by atoms with Crippen LogP contribution in [-0.4, -0.2) is 46.5 Å². The van der Waals surface area contributed by atoms with Gasteiger partial charge in [-0.1, -0.05) is 11.6 Å². The summed E-state index contributed by atoms with van der Waals surface area (Å²) in [4.78, 5) is 21.1. The number of piperazine rings is 1. The molecule has 1 aliphatic heterocycles. The van der Waals surface area contributed by atoms with Gasteiger partial charge in [0.25, 0.3) is 5.91 Å². The molecule has 1 saturated heterocycles. The van der Waals surface area contributed by atoms with Crippen molar-refractivity contribution in [3.63, 3.8) is 0 Å². The molecule has 0 unspecified atom stereocenters. The third-order valence-corrected chi connectivity index (χ3v) is 4.86. The van der Waals surface area contributed by atoms with Crippen molar-refractivity contribution < 1.29 is 4.79 Å². The molecule has 5 nitrogen and oxygen atoms in total. The van der Waals surface area contributed by atoms with Gasteiger partial charge in [0.05, 0.1) is 10.7 Å². The SMILES string of the molecule is Cc1csc(N2CCN(C(=O)c3cc(Cl)cn3C)CC2)n1. The van der Waals surface area contributed by atoms with Crippen molar-refractivity contribution in [2.24, 2.45) is 7.05 Å². The summed E-state index contributed by atoms with van der Waals surface area (Å²) in [6, 6.07) is 1.72. The molecule has 0 radical (unpaired) electrons. The van der Waals surface area contributed by atoms with Crippen LogP contribution in [0.5, 0.6) is 0 Å². The Kier molecular flexibility index (Phi) is 3.91. The highest BCUT2D eigenvalue weighted by molar-refractivity contribution is 7.13. The first-order valence-corrected chi connectivity index (χ1v) is 8.08. The maximum Gasteiger partial charge on any atom is 0.270 e. The van der Waals surface area contributed by atoms with Crippen LogP contribution in [-0.2, 0) is 7.05 Å². The first kappa shape index (κ1) is 14.4. The molecule has 21 heavy (non-hydrogen) atoms. The van der Waals surface area contributed by atoms with Crippen molar-refractivity contribution in [3.8, 4) is 0 Å². The number of carbonyl (C=O) groups is 1. The molecule has 0 bridgehead atoms. The second kappa shape index (κ2) is 5.69.